The van der Waals surface area contributed by atoms with Crippen LogP contribution in [0.4, 0.5) is 5.82 Å². The first-order valence-electron chi connectivity index (χ1n) is 6.33. The molecule has 0 aromatic carbocycles. The van der Waals surface area contributed by atoms with Crippen molar-refractivity contribution in [3.8, 4) is 0 Å². The van der Waals surface area contributed by atoms with Crippen molar-refractivity contribution in [2.45, 2.75) is 45.6 Å². The molecule has 1 aromatic heterocycles. The van der Waals surface area contributed by atoms with Gasteiger partial charge >= 0.3 is 0 Å². The number of anilines is 1. The minimum Gasteiger partial charge on any atom is -0.373 e. The summed E-state index contributed by atoms with van der Waals surface area (Å²) in [7, 11) is 3.60. The quantitative estimate of drug-likeness (QED) is 0.792. The predicted octanol–water partition coefficient (Wildman–Crippen LogP) is 2.96. The van der Waals surface area contributed by atoms with Gasteiger partial charge in [-0.2, -0.15) is 0 Å². The third-order valence-corrected chi connectivity index (χ3v) is 2.68. The Labute approximate surface area is 104 Å². The van der Waals surface area contributed by atoms with Crippen LogP contribution < -0.4 is 5.32 Å². The van der Waals surface area contributed by atoms with Gasteiger partial charge < -0.3 is 10.1 Å². The van der Waals surface area contributed by atoms with Crippen molar-refractivity contribution in [3.63, 3.8) is 0 Å². The van der Waals surface area contributed by atoms with Gasteiger partial charge in [0, 0.05) is 25.9 Å². The monoisotopic (exact) mass is 237 g/mol. The molecule has 0 aliphatic heterocycles. The van der Waals surface area contributed by atoms with Crippen LogP contribution >= 0.6 is 0 Å². The number of aryl methyl sites for hydroxylation is 1. The highest BCUT2D eigenvalue weighted by molar-refractivity contribution is 5.35. The molecule has 1 aromatic rings. The minimum atomic E-state index is 0.00362. The number of nitrogens with one attached hydrogen (secondary N) is 1. The van der Waals surface area contributed by atoms with Gasteiger partial charge in [0.2, 0.25) is 0 Å². The molecule has 1 atom stereocenters. The minimum absolute atomic E-state index is 0.00362. The molecule has 4 nitrogen and oxygen atoms in total. The summed E-state index contributed by atoms with van der Waals surface area (Å²) < 4.78 is 5.46. The topological polar surface area (TPSA) is 47.0 Å². The highest BCUT2D eigenvalue weighted by atomic mass is 16.5. The Morgan fingerprint density at radius 1 is 1.29 bits per heavy atom. The van der Waals surface area contributed by atoms with Crippen molar-refractivity contribution < 1.29 is 4.74 Å². The lowest BCUT2D eigenvalue weighted by Crippen LogP contribution is -2.10. The van der Waals surface area contributed by atoms with E-state index in [2.05, 4.69) is 29.1 Å². The van der Waals surface area contributed by atoms with E-state index in [0.29, 0.717) is 0 Å². The summed E-state index contributed by atoms with van der Waals surface area (Å²) >= 11 is 0. The number of aromatic nitrogens is 2. The van der Waals surface area contributed by atoms with Crippen LogP contribution in [0.25, 0.3) is 0 Å². The Hall–Kier alpha value is -1.16. The van der Waals surface area contributed by atoms with E-state index >= 15 is 0 Å². The van der Waals surface area contributed by atoms with Gasteiger partial charge in [-0.1, -0.05) is 26.7 Å². The lowest BCUT2D eigenvalue weighted by molar-refractivity contribution is 0.0875. The van der Waals surface area contributed by atoms with E-state index in [1.54, 1.807) is 7.11 Å². The van der Waals surface area contributed by atoms with E-state index in [-0.39, 0.29) is 6.10 Å². The molecular formula is C13H23N3O. The summed E-state index contributed by atoms with van der Waals surface area (Å²) in [6.45, 7) is 4.29. The molecular weight excluding hydrogens is 214 g/mol. The second-order valence-corrected chi connectivity index (χ2v) is 4.12. The van der Waals surface area contributed by atoms with Crippen molar-refractivity contribution >= 4 is 5.82 Å². The second-order valence-electron chi connectivity index (χ2n) is 4.12. The summed E-state index contributed by atoms with van der Waals surface area (Å²) in [5.74, 6) is 1.67. The van der Waals surface area contributed by atoms with Gasteiger partial charge in [-0.15, -0.1) is 0 Å². The van der Waals surface area contributed by atoms with Gasteiger partial charge in [0.25, 0.3) is 0 Å². The number of hydrogen-bond acceptors (Lipinski definition) is 4. The Morgan fingerprint density at radius 3 is 2.59 bits per heavy atom. The lowest BCUT2D eigenvalue weighted by atomic mass is 10.2. The van der Waals surface area contributed by atoms with Crippen molar-refractivity contribution in [3.05, 3.63) is 17.6 Å². The molecule has 0 amide bonds. The molecule has 0 saturated carbocycles. The van der Waals surface area contributed by atoms with Crippen LogP contribution in [0.5, 0.6) is 0 Å². The van der Waals surface area contributed by atoms with E-state index in [9.17, 15) is 0 Å². The van der Waals surface area contributed by atoms with Crippen molar-refractivity contribution in [1.29, 1.82) is 0 Å². The fraction of sp³-hybridized carbons (Fsp3) is 0.692. The van der Waals surface area contributed by atoms with Crippen molar-refractivity contribution in [1.82, 2.24) is 9.97 Å². The molecule has 96 valence electrons. The first-order valence-corrected chi connectivity index (χ1v) is 6.33. The largest absolute Gasteiger partial charge is 0.373 e. The van der Waals surface area contributed by atoms with Gasteiger partial charge in [-0.25, -0.2) is 9.97 Å². The maximum atomic E-state index is 5.46. The van der Waals surface area contributed by atoms with Gasteiger partial charge in [-0.05, 0) is 12.8 Å². The molecule has 0 fully saturated rings. The van der Waals surface area contributed by atoms with Crippen molar-refractivity contribution in [2.75, 3.05) is 19.5 Å². The van der Waals surface area contributed by atoms with Gasteiger partial charge in [0.1, 0.15) is 11.9 Å². The summed E-state index contributed by atoms with van der Waals surface area (Å²) in [5.41, 5.74) is 1.08. The highest BCUT2D eigenvalue weighted by Gasteiger charge is 2.14. The second kappa shape index (κ2) is 7.22. The summed E-state index contributed by atoms with van der Waals surface area (Å²) in [6, 6.07) is 2.01. The van der Waals surface area contributed by atoms with E-state index in [1.165, 1.54) is 0 Å². The number of rotatable bonds is 7. The predicted molar refractivity (Wildman–Crippen MR) is 70.2 cm³/mol. The van der Waals surface area contributed by atoms with E-state index in [4.69, 9.17) is 4.74 Å². The van der Waals surface area contributed by atoms with E-state index in [0.717, 1.165) is 43.0 Å². The summed E-state index contributed by atoms with van der Waals surface area (Å²) in [5, 5.41) is 3.08. The Balaban J connectivity index is 2.99. The van der Waals surface area contributed by atoms with Gasteiger partial charge in [-0.3, -0.25) is 0 Å². The third kappa shape index (κ3) is 3.97. The standard InChI is InChI=1S/C13H23N3O/c1-5-7-10-9-12(14-3)16-13(15-10)11(17-4)8-6-2/h9,11H,5-8H2,1-4H3,(H,14,15,16). The maximum Gasteiger partial charge on any atom is 0.159 e. The highest BCUT2D eigenvalue weighted by Crippen LogP contribution is 2.20. The molecule has 0 radical (unpaired) electrons. The Morgan fingerprint density at radius 2 is 2.06 bits per heavy atom. The molecule has 1 unspecified atom stereocenters. The molecule has 0 aliphatic rings. The first kappa shape index (κ1) is 13.9. The zero-order valence-corrected chi connectivity index (χ0v) is 11.3. The zero-order valence-electron chi connectivity index (χ0n) is 11.3. The van der Waals surface area contributed by atoms with Crippen LogP contribution in [0.1, 0.15) is 50.7 Å². The van der Waals surface area contributed by atoms with E-state index in [1.807, 2.05) is 13.1 Å². The maximum absolute atomic E-state index is 5.46. The average molecular weight is 237 g/mol. The van der Waals surface area contributed by atoms with Crippen LogP contribution in [0, 0.1) is 0 Å². The smallest absolute Gasteiger partial charge is 0.159 e. The molecule has 0 spiro atoms. The SMILES string of the molecule is CCCc1cc(NC)nc(C(CCC)OC)n1. The van der Waals surface area contributed by atoms with Crippen LogP contribution in [-0.4, -0.2) is 24.1 Å². The first-order chi connectivity index (χ1) is 8.24. The number of nitrogens with zero attached hydrogens (tertiary/aromatic N) is 2. The van der Waals surface area contributed by atoms with Gasteiger partial charge in [0.05, 0.1) is 0 Å². The third-order valence-electron chi connectivity index (χ3n) is 2.68. The molecule has 1 heterocycles. The molecule has 0 saturated heterocycles. The molecule has 1 N–H and O–H groups in total. The molecule has 1 rings (SSSR count). The molecule has 0 aliphatic carbocycles. The average Bonchev–Trinajstić information content (AvgIpc) is 2.35. The van der Waals surface area contributed by atoms with Crippen molar-refractivity contribution in [2.24, 2.45) is 0 Å². The number of hydrogen-bond donors (Lipinski definition) is 1. The molecule has 4 heteroatoms. The zero-order chi connectivity index (χ0) is 12.7. The molecule has 0 bridgehead atoms. The molecule has 17 heavy (non-hydrogen) atoms. The Bertz CT molecular complexity index is 341. The number of methoxy groups -OCH3 is 1. The van der Waals surface area contributed by atoms with E-state index < -0.39 is 0 Å². The fourth-order valence-electron chi connectivity index (χ4n) is 1.79. The van der Waals surface area contributed by atoms with Crippen LogP contribution in [0.15, 0.2) is 6.07 Å². The fourth-order valence-corrected chi connectivity index (χ4v) is 1.79. The normalized spacial score (nSPS) is 12.5. The summed E-state index contributed by atoms with van der Waals surface area (Å²) in [4.78, 5) is 9.06. The van der Waals surface area contributed by atoms with Crippen LogP contribution in [0.2, 0.25) is 0 Å². The van der Waals surface area contributed by atoms with Gasteiger partial charge in [0.15, 0.2) is 5.82 Å². The summed E-state index contributed by atoms with van der Waals surface area (Å²) in [6.07, 6.45) is 4.09. The van der Waals surface area contributed by atoms with Crippen LogP contribution in [0.3, 0.4) is 0 Å². The number of ether oxygens (including phenoxy) is 1. The lowest BCUT2D eigenvalue weighted by Gasteiger charge is -2.15. The van der Waals surface area contributed by atoms with Crippen LogP contribution in [-0.2, 0) is 11.2 Å². The Kier molecular flexibility index (Phi) is 5.91.